The summed E-state index contributed by atoms with van der Waals surface area (Å²) in [5.74, 6) is 0.697. The lowest BCUT2D eigenvalue weighted by molar-refractivity contribution is 1.18. The molecule has 9 aromatic rings. The summed E-state index contributed by atoms with van der Waals surface area (Å²) in [6.45, 7) is 0. The summed E-state index contributed by atoms with van der Waals surface area (Å²) < 4.78 is 0. The Kier molecular flexibility index (Phi) is 6.14. The van der Waals surface area contributed by atoms with Crippen molar-refractivity contribution in [1.29, 1.82) is 0 Å². The fourth-order valence-electron chi connectivity index (χ4n) is 6.69. The van der Waals surface area contributed by atoms with E-state index in [0.717, 1.165) is 44.6 Å². The van der Waals surface area contributed by atoms with Gasteiger partial charge in [-0.25, -0.2) is 9.97 Å². The predicted molar refractivity (Wildman–Crippen MR) is 192 cm³/mol. The Morgan fingerprint density at radius 1 is 0.326 bits per heavy atom. The molecule has 3 heteroatoms. The van der Waals surface area contributed by atoms with E-state index in [1.165, 1.54) is 37.7 Å². The van der Waals surface area contributed by atoms with E-state index in [2.05, 4.69) is 145 Å². The van der Waals surface area contributed by atoms with E-state index in [-0.39, 0.29) is 0 Å². The van der Waals surface area contributed by atoms with E-state index in [4.69, 9.17) is 9.97 Å². The number of hydrogen-bond donors (Lipinski definition) is 0. The maximum Gasteiger partial charge on any atom is 0.160 e. The molecule has 0 radical (unpaired) electrons. The highest BCUT2D eigenvalue weighted by Gasteiger charge is 2.14. The predicted octanol–water partition coefficient (Wildman–Crippen LogP) is 11.2. The van der Waals surface area contributed by atoms with E-state index in [0.29, 0.717) is 5.82 Å². The highest BCUT2D eigenvalue weighted by atomic mass is 14.9. The van der Waals surface area contributed by atoms with Gasteiger partial charge in [0.05, 0.1) is 11.4 Å². The highest BCUT2D eigenvalue weighted by molar-refractivity contribution is 6.25. The van der Waals surface area contributed by atoms with Crippen LogP contribution in [0.5, 0.6) is 0 Å². The van der Waals surface area contributed by atoms with Gasteiger partial charge in [-0.15, -0.1) is 0 Å². The van der Waals surface area contributed by atoms with Crippen molar-refractivity contribution in [3.05, 3.63) is 164 Å². The second kappa shape index (κ2) is 10.8. The van der Waals surface area contributed by atoms with Gasteiger partial charge in [0.15, 0.2) is 5.82 Å². The van der Waals surface area contributed by atoms with Crippen LogP contribution in [0, 0.1) is 0 Å². The van der Waals surface area contributed by atoms with Crippen LogP contribution in [-0.2, 0) is 0 Å². The van der Waals surface area contributed by atoms with Crippen LogP contribution in [0.25, 0.3) is 88.1 Å². The maximum absolute atomic E-state index is 5.18. The molecule has 0 amide bonds. The Morgan fingerprint density at radius 2 is 0.848 bits per heavy atom. The molecule has 9 rings (SSSR count). The molecule has 0 atom stereocenters. The summed E-state index contributed by atoms with van der Waals surface area (Å²) in [4.78, 5) is 14.8. The van der Waals surface area contributed by atoms with Crippen LogP contribution in [0.15, 0.2) is 164 Å². The van der Waals surface area contributed by atoms with Gasteiger partial charge in [0, 0.05) is 40.0 Å². The smallest absolute Gasteiger partial charge is 0.160 e. The Bertz CT molecular complexity index is 2530. The first-order chi connectivity index (χ1) is 22.8. The molecule has 0 aliphatic rings. The molecule has 0 aliphatic carbocycles. The van der Waals surface area contributed by atoms with Gasteiger partial charge in [-0.1, -0.05) is 140 Å². The van der Waals surface area contributed by atoms with Crippen LogP contribution in [0.4, 0.5) is 0 Å². The van der Waals surface area contributed by atoms with Crippen LogP contribution in [0.2, 0.25) is 0 Å². The molecule has 214 valence electrons. The third-order valence-corrected chi connectivity index (χ3v) is 8.96. The first-order valence-electron chi connectivity index (χ1n) is 15.5. The molecule has 0 bridgehead atoms. The molecule has 0 saturated heterocycles. The Balaban J connectivity index is 1.21. The largest absolute Gasteiger partial charge is 0.263 e. The van der Waals surface area contributed by atoms with Crippen LogP contribution in [-0.4, -0.2) is 15.0 Å². The topological polar surface area (TPSA) is 38.7 Å². The second-order valence-corrected chi connectivity index (χ2v) is 11.7. The number of benzene rings is 7. The van der Waals surface area contributed by atoms with E-state index in [1.807, 2.05) is 24.5 Å². The number of hydrogen-bond acceptors (Lipinski definition) is 3. The van der Waals surface area contributed by atoms with Crippen molar-refractivity contribution < 1.29 is 0 Å². The molecule has 3 nitrogen and oxygen atoms in total. The number of aromatic nitrogens is 3. The first-order valence-corrected chi connectivity index (χ1v) is 15.5. The van der Waals surface area contributed by atoms with Crippen molar-refractivity contribution in [2.24, 2.45) is 0 Å². The summed E-state index contributed by atoms with van der Waals surface area (Å²) in [6.07, 6.45) is 3.85. The van der Waals surface area contributed by atoms with Gasteiger partial charge in [-0.05, 0) is 55.4 Å². The van der Waals surface area contributed by atoms with Gasteiger partial charge in [-0.3, -0.25) is 4.98 Å². The monoisotopic (exact) mass is 585 g/mol. The van der Waals surface area contributed by atoms with Gasteiger partial charge >= 0.3 is 0 Å². The molecule has 0 aliphatic heterocycles. The molecular weight excluding hydrogens is 558 g/mol. The van der Waals surface area contributed by atoms with Gasteiger partial charge < -0.3 is 0 Å². The minimum Gasteiger partial charge on any atom is -0.263 e. The molecular formula is C43H27N3. The third-order valence-electron chi connectivity index (χ3n) is 8.96. The minimum absolute atomic E-state index is 0.697. The van der Waals surface area contributed by atoms with Gasteiger partial charge in [0.25, 0.3) is 0 Å². The summed E-state index contributed by atoms with van der Waals surface area (Å²) in [6, 6.07) is 53.4. The average molecular weight is 586 g/mol. The molecule has 2 aromatic heterocycles. The molecule has 0 saturated carbocycles. The van der Waals surface area contributed by atoms with E-state index >= 15 is 0 Å². The highest BCUT2D eigenvalue weighted by Crippen LogP contribution is 2.38. The summed E-state index contributed by atoms with van der Waals surface area (Å²) in [5, 5.41) is 9.83. The lowest BCUT2D eigenvalue weighted by Crippen LogP contribution is -1.96. The Hall–Kier alpha value is -6.19. The average Bonchev–Trinajstić information content (AvgIpc) is 3.15. The van der Waals surface area contributed by atoms with E-state index in [9.17, 15) is 0 Å². The van der Waals surface area contributed by atoms with Gasteiger partial charge in [0.2, 0.25) is 0 Å². The standard InChI is InChI=1S/C43H27N3/c1-2-10-29(11-3-1)41-25-42(31-22-23-38-36-16-7-6-14-34(36)35-15-8-9-17-37(35)39(38)24-31)46-43(45-41)30-20-18-28(19-21-30)40-27-44-26-32-12-4-5-13-33(32)40/h1-27H. The summed E-state index contributed by atoms with van der Waals surface area (Å²) in [5.41, 5.74) is 7.10. The molecule has 0 N–H and O–H groups in total. The zero-order valence-corrected chi connectivity index (χ0v) is 24.9. The number of rotatable bonds is 4. The summed E-state index contributed by atoms with van der Waals surface area (Å²) >= 11 is 0. The Morgan fingerprint density at radius 3 is 1.54 bits per heavy atom. The van der Waals surface area contributed by atoms with Crippen molar-refractivity contribution in [2.45, 2.75) is 0 Å². The van der Waals surface area contributed by atoms with Gasteiger partial charge in [-0.2, -0.15) is 0 Å². The SMILES string of the molecule is c1ccc(-c2cc(-c3ccc4c5ccccc5c5ccccc5c4c3)nc(-c3ccc(-c4cncc5ccccc45)cc3)n2)cc1. The second-order valence-electron chi connectivity index (χ2n) is 11.7. The third kappa shape index (κ3) is 4.41. The van der Waals surface area contributed by atoms with Crippen molar-refractivity contribution in [2.75, 3.05) is 0 Å². The quantitative estimate of drug-likeness (QED) is 0.193. The molecule has 0 fully saturated rings. The van der Waals surface area contributed by atoms with Crippen molar-refractivity contribution in [3.8, 4) is 45.0 Å². The summed E-state index contributed by atoms with van der Waals surface area (Å²) in [7, 11) is 0. The lowest BCUT2D eigenvalue weighted by atomic mass is 9.92. The molecule has 0 unspecified atom stereocenters. The van der Waals surface area contributed by atoms with Crippen LogP contribution >= 0.6 is 0 Å². The fourth-order valence-corrected chi connectivity index (χ4v) is 6.69. The number of fused-ring (bicyclic) bond motifs is 7. The van der Waals surface area contributed by atoms with E-state index < -0.39 is 0 Å². The minimum atomic E-state index is 0.697. The van der Waals surface area contributed by atoms with E-state index in [1.54, 1.807) is 0 Å². The van der Waals surface area contributed by atoms with Crippen LogP contribution in [0.3, 0.4) is 0 Å². The number of nitrogens with zero attached hydrogens (tertiary/aromatic N) is 3. The zero-order chi connectivity index (χ0) is 30.5. The lowest BCUT2D eigenvalue weighted by Gasteiger charge is -2.13. The fraction of sp³-hybridized carbons (Fsp3) is 0. The molecule has 7 aromatic carbocycles. The van der Waals surface area contributed by atoms with Gasteiger partial charge in [0.1, 0.15) is 0 Å². The van der Waals surface area contributed by atoms with Crippen molar-refractivity contribution in [1.82, 2.24) is 15.0 Å². The zero-order valence-electron chi connectivity index (χ0n) is 24.9. The van der Waals surface area contributed by atoms with Crippen molar-refractivity contribution >= 4 is 43.1 Å². The first kappa shape index (κ1) is 26.2. The van der Waals surface area contributed by atoms with Crippen LogP contribution < -0.4 is 0 Å². The molecule has 2 heterocycles. The van der Waals surface area contributed by atoms with Crippen LogP contribution in [0.1, 0.15) is 0 Å². The number of pyridine rings is 1. The molecule has 0 spiro atoms. The Labute approximate surface area is 266 Å². The normalized spacial score (nSPS) is 11.5. The maximum atomic E-state index is 5.18. The van der Waals surface area contributed by atoms with Crippen molar-refractivity contribution in [3.63, 3.8) is 0 Å². The molecule has 46 heavy (non-hydrogen) atoms.